The highest BCUT2D eigenvalue weighted by Gasteiger charge is 2.57. The number of hydrogen-bond acceptors (Lipinski definition) is 7. The number of nitrogens with zero attached hydrogens (tertiary/aromatic N) is 2. The Hall–Kier alpha value is -1.06. The standard InChI is InChI=1S/C11H20N3O5/c1-11(2)8-18-5-4-13(11)14(9(15)7-17-3)6-10(16)19-12-14/h12H,4-8H2,1-3H3/q+1. The van der Waals surface area contributed by atoms with Crippen molar-refractivity contribution in [2.45, 2.75) is 19.4 Å². The van der Waals surface area contributed by atoms with Crippen molar-refractivity contribution < 1.29 is 28.6 Å². The van der Waals surface area contributed by atoms with E-state index in [1.54, 1.807) is 0 Å². The molecule has 1 atom stereocenters. The minimum Gasteiger partial charge on any atom is -0.378 e. The summed E-state index contributed by atoms with van der Waals surface area (Å²) in [6.45, 7) is 5.23. The Morgan fingerprint density at radius 2 is 2.32 bits per heavy atom. The lowest BCUT2D eigenvalue weighted by Gasteiger charge is -2.47. The van der Waals surface area contributed by atoms with E-state index in [2.05, 4.69) is 5.59 Å². The van der Waals surface area contributed by atoms with E-state index in [-0.39, 0.29) is 23.8 Å². The van der Waals surface area contributed by atoms with Crippen molar-refractivity contribution in [3.8, 4) is 0 Å². The van der Waals surface area contributed by atoms with Gasteiger partial charge in [0.15, 0.2) is 6.61 Å². The minimum absolute atomic E-state index is 0.0778. The van der Waals surface area contributed by atoms with E-state index in [4.69, 9.17) is 14.3 Å². The van der Waals surface area contributed by atoms with Crippen LogP contribution in [0.2, 0.25) is 0 Å². The third-order valence-corrected chi connectivity index (χ3v) is 3.36. The smallest absolute Gasteiger partial charge is 0.378 e. The van der Waals surface area contributed by atoms with Crippen LogP contribution in [0.15, 0.2) is 0 Å². The molecule has 108 valence electrons. The van der Waals surface area contributed by atoms with Gasteiger partial charge in [0.2, 0.25) is 6.54 Å². The molecule has 2 aliphatic heterocycles. The largest absolute Gasteiger partial charge is 0.389 e. The van der Waals surface area contributed by atoms with Gasteiger partial charge in [0.05, 0.1) is 25.3 Å². The predicted molar refractivity (Wildman–Crippen MR) is 62.8 cm³/mol. The molecular formula is C11H20N3O5+. The number of carbonyl (C=O) groups excluding carboxylic acids is 2. The van der Waals surface area contributed by atoms with E-state index in [0.29, 0.717) is 19.8 Å². The fraction of sp³-hybridized carbons (Fsp3) is 0.818. The summed E-state index contributed by atoms with van der Waals surface area (Å²) in [4.78, 5) is 28.6. The summed E-state index contributed by atoms with van der Waals surface area (Å²) < 4.78 is 9.97. The van der Waals surface area contributed by atoms with E-state index in [1.165, 1.54) is 7.11 Å². The zero-order chi connectivity index (χ0) is 14.1. The number of morpholine rings is 1. The molecule has 1 amide bonds. The molecule has 0 aliphatic carbocycles. The molecule has 0 bridgehead atoms. The molecule has 8 nitrogen and oxygen atoms in total. The maximum absolute atomic E-state index is 12.4. The molecule has 0 spiro atoms. The Kier molecular flexibility index (Phi) is 3.88. The van der Waals surface area contributed by atoms with Crippen molar-refractivity contribution in [3.05, 3.63) is 0 Å². The summed E-state index contributed by atoms with van der Waals surface area (Å²) in [5.41, 5.74) is 2.16. The molecule has 2 aliphatic rings. The van der Waals surface area contributed by atoms with E-state index < -0.39 is 11.5 Å². The van der Waals surface area contributed by atoms with Gasteiger partial charge < -0.3 is 14.3 Å². The van der Waals surface area contributed by atoms with Crippen LogP contribution < -0.4 is 5.59 Å². The van der Waals surface area contributed by atoms with Gasteiger partial charge in [-0.25, -0.2) is 9.59 Å². The first-order valence-electron chi connectivity index (χ1n) is 6.15. The lowest BCUT2D eigenvalue weighted by Crippen LogP contribution is -2.75. The Bertz CT molecular complexity index is 387. The summed E-state index contributed by atoms with van der Waals surface area (Å²) in [6.07, 6.45) is 0. The number of quaternary nitrogens is 1. The number of carbonyl (C=O) groups is 2. The summed E-state index contributed by atoms with van der Waals surface area (Å²) >= 11 is 0. The topological polar surface area (TPSA) is 77.1 Å². The third kappa shape index (κ3) is 2.49. The lowest BCUT2D eigenvalue weighted by atomic mass is 10.0. The fourth-order valence-electron chi connectivity index (χ4n) is 2.50. The predicted octanol–water partition coefficient (Wildman–Crippen LogP) is -1.02. The third-order valence-electron chi connectivity index (χ3n) is 3.36. The molecule has 8 heteroatoms. The van der Waals surface area contributed by atoms with Crippen LogP contribution in [0.1, 0.15) is 13.8 Å². The summed E-state index contributed by atoms with van der Waals surface area (Å²) in [5, 5.41) is 1.88. The van der Waals surface area contributed by atoms with Crippen molar-refractivity contribution in [1.29, 1.82) is 0 Å². The van der Waals surface area contributed by atoms with Crippen LogP contribution in [-0.2, 0) is 23.9 Å². The first-order valence-corrected chi connectivity index (χ1v) is 6.15. The first-order chi connectivity index (χ1) is 8.92. The van der Waals surface area contributed by atoms with Gasteiger partial charge in [0.1, 0.15) is 0 Å². The monoisotopic (exact) mass is 274 g/mol. The first kappa shape index (κ1) is 14.4. The maximum Gasteiger partial charge on any atom is 0.389 e. The highest BCUT2D eigenvalue weighted by molar-refractivity contribution is 5.77. The summed E-state index contributed by atoms with van der Waals surface area (Å²) in [7, 11) is 1.44. The van der Waals surface area contributed by atoms with Gasteiger partial charge in [-0.15, -0.1) is 5.01 Å². The second-order valence-corrected chi connectivity index (χ2v) is 5.31. The zero-order valence-corrected chi connectivity index (χ0v) is 11.5. The number of hydrogen-bond donors (Lipinski definition) is 1. The average molecular weight is 274 g/mol. The molecular weight excluding hydrogens is 254 g/mol. The molecule has 2 fully saturated rings. The molecule has 0 aromatic heterocycles. The van der Waals surface area contributed by atoms with Crippen molar-refractivity contribution in [2.24, 2.45) is 0 Å². The molecule has 0 aromatic carbocycles. The molecule has 19 heavy (non-hydrogen) atoms. The van der Waals surface area contributed by atoms with Crippen molar-refractivity contribution in [1.82, 2.24) is 10.6 Å². The second-order valence-electron chi connectivity index (χ2n) is 5.31. The molecule has 1 N–H and O–H groups in total. The van der Waals surface area contributed by atoms with Crippen LogP contribution in [0.25, 0.3) is 0 Å². The van der Waals surface area contributed by atoms with Crippen molar-refractivity contribution in [3.63, 3.8) is 0 Å². The number of rotatable bonds is 3. The molecule has 2 rings (SSSR count). The van der Waals surface area contributed by atoms with Gasteiger partial charge in [0.25, 0.3) is 0 Å². The molecule has 2 heterocycles. The van der Waals surface area contributed by atoms with Crippen LogP contribution in [0.4, 0.5) is 0 Å². The van der Waals surface area contributed by atoms with Gasteiger partial charge in [-0.1, -0.05) is 4.70 Å². The number of nitrogens with one attached hydrogen (secondary N) is 1. The van der Waals surface area contributed by atoms with Crippen LogP contribution >= 0.6 is 0 Å². The van der Waals surface area contributed by atoms with E-state index in [0.717, 1.165) is 0 Å². The van der Waals surface area contributed by atoms with Crippen LogP contribution in [0.3, 0.4) is 0 Å². The quantitative estimate of drug-likeness (QED) is 0.660. The van der Waals surface area contributed by atoms with E-state index in [1.807, 2.05) is 18.9 Å². The Labute approximate surface area is 111 Å². The number of amides is 1. The highest BCUT2D eigenvalue weighted by atomic mass is 16.7. The number of methoxy groups -OCH3 is 1. The SMILES string of the molecule is COCC(=O)[N+]1(N2CCOCC2(C)C)CC(=O)ON1. The van der Waals surface area contributed by atoms with Crippen LogP contribution in [-0.4, -0.2) is 67.1 Å². The van der Waals surface area contributed by atoms with Gasteiger partial charge in [-0.3, -0.25) is 0 Å². The normalized spacial score (nSPS) is 31.2. The highest BCUT2D eigenvalue weighted by Crippen LogP contribution is 2.28. The minimum atomic E-state index is -0.466. The van der Waals surface area contributed by atoms with Crippen molar-refractivity contribution in [2.75, 3.05) is 40.0 Å². The molecule has 2 saturated heterocycles. The lowest BCUT2D eigenvalue weighted by molar-refractivity contribution is -1.02. The molecule has 1 unspecified atom stereocenters. The van der Waals surface area contributed by atoms with Crippen LogP contribution in [0.5, 0.6) is 0 Å². The molecule has 0 saturated carbocycles. The fourth-order valence-corrected chi connectivity index (χ4v) is 2.50. The van der Waals surface area contributed by atoms with Gasteiger partial charge in [-0.2, -0.15) is 0 Å². The van der Waals surface area contributed by atoms with Crippen molar-refractivity contribution >= 4 is 11.9 Å². The number of ether oxygens (including phenoxy) is 2. The summed E-state index contributed by atoms with van der Waals surface area (Å²) in [5.74, 6) is -0.741. The van der Waals surface area contributed by atoms with Gasteiger partial charge in [-0.05, 0) is 13.8 Å². The van der Waals surface area contributed by atoms with E-state index in [9.17, 15) is 9.59 Å². The Morgan fingerprint density at radius 3 is 2.84 bits per heavy atom. The Morgan fingerprint density at radius 1 is 1.58 bits per heavy atom. The van der Waals surface area contributed by atoms with Crippen LogP contribution in [0, 0.1) is 0 Å². The van der Waals surface area contributed by atoms with Gasteiger partial charge in [0, 0.05) is 12.7 Å². The zero-order valence-electron chi connectivity index (χ0n) is 11.5. The Balaban J connectivity index is 2.32. The maximum atomic E-state index is 12.4. The second kappa shape index (κ2) is 5.14. The van der Waals surface area contributed by atoms with E-state index >= 15 is 0 Å². The van der Waals surface area contributed by atoms with Gasteiger partial charge >= 0.3 is 11.9 Å². The summed E-state index contributed by atoms with van der Waals surface area (Å²) in [6, 6.07) is 0. The molecule has 0 aromatic rings. The average Bonchev–Trinajstić information content (AvgIpc) is 2.72. The molecule has 0 radical (unpaired) electrons.